The summed E-state index contributed by atoms with van der Waals surface area (Å²) in [4.78, 5) is 30.6. The van der Waals surface area contributed by atoms with Gasteiger partial charge in [-0.3, -0.25) is 18.6 Å². The summed E-state index contributed by atoms with van der Waals surface area (Å²) in [5, 5.41) is 3.14. The largest absolute Gasteiger partial charge is 0.354 e. The number of amides is 1. The van der Waals surface area contributed by atoms with Crippen molar-refractivity contribution in [1.82, 2.24) is 19.3 Å². The summed E-state index contributed by atoms with van der Waals surface area (Å²) in [6.45, 7) is 14.1. The Hall–Kier alpha value is -2.06. The molecule has 0 unspecified atom stereocenters. The van der Waals surface area contributed by atoms with E-state index < -0.39 is 0 Å². The highest BCUT2D eigenvalue weighted by Gasteiger charge is 2.21. The molecule has 0 fully saturated rings. The molecule has 6 nitrogen and oxygen atoms in total. The van der Waals surface area contributed by atoms with Crippen LogP contribution in [0, 0.1) is 0 Å². The summed E-state index contributed by atoms with van der Waals surface area (Å²) in [7, 11) is 1.54. The highest BCUT2D eigenvalue weighted by atomic mass is 79.9. The summed E-state index contributed by atoms with van der Waals surface area (Å²) < 4.78 is 4.11. The van der Waals surface area contributed by atoms with Gasteiger partial charge in [0.05, 0.1) is 10.9 Å². The van der Waals surface area contributed by atoms with E-state index in [0.29, 0.717) is 23.1 Å². The Balaban J connectivity index is 0.000000989. The summed E-state index contributed by atoms with van der Waals surface area (Å²) >= 11 is 5.12. The number of imidazole rings is 1. The zero-order chi connectivity index (χ0) is 22.3. The van der Waals surface area contributed by atoms with E-state index in [2.05, 4.69) is 32.8 Å². The highest BCUT2D eigenvalue weighted by molar-refractivity contribution is 9.10. The van der Waals surface area contributed by atoms with Gasteiger partial charge in [0.1, 0.15) is 6.33 Å². The number of carbonyl (C=O) groups excluding carboxylic acids is 1. The summed E-state index contributed by atoms with van der Waals surface area (Å²) in [6, 6.07) is 3.82. The number of hydrogen-bond donors (Lipinski definition) is 1. The summed E-state index contributed by atoms with van der Waals surface area (Å²) in [6.07, 6.45) is 3.53. The van der Waals surface area contributed by atoms with Gasteiger partial charge in [-0.1, -0.05) is 39.8 Å². The van der Waals surface area contributed by atoms with Gasteiger partial charge >= 0.3 is 0 Å². The van der Waals surface area contributed by atoms with Crippen molar-refractivity contribution in [2.75, 3.05) is 13.3 Å². The lowest BCUT2D eigenvalue weighted by Crippen LogP contribution is -2.26. The topological polar surface area (TPSA) is 68.4 Å². The van der Waals surface area contributed by atoms with Crippen LogP contribution in [0.2, 0.25) is 0 Å². The molecular formula is C21H29BrN4O2S. The molecule has 29 heavy (non-hydrogen) atoms. The number of nitrogens with zero attached hydrogens (tertiary/aromatic N) is 3. The molecular weight excluding hydrogens is 452 g/mol. The predicted octanol–water partition coefficient (Wildman–Crippen LogP) is 5.12. The predicted molar refractivity (Wildman–Crippen MR) is 127 cm³/mol. The van der Waals surface area contributed by atoms with E-state index >= 15 is 0 Å². The SMILES string of the molecule is C=C(C)Cn1c(=O)c2cc(SC)cc(Br)c2n2cnc(C(=O)NC)c12.CC.CC. The lowest BCUT2D eigenvalue weighted by molar-refractivity contribution is 0.0960. The van der Waals surface area contributed by atoms with E-state index in [0.717, 1.165) is 14.9 Å². The van der Waals surface area contributed by atoms with Crippen LogP contribution in [0.5, 0.6) is 0 Å². The molecule has 158 valence electrons. The number of thioether (sulfide) groups is 1. The van der Waals surface area contributed by atoms with E-state index in [1.54, 1.807) is 27.1 Å². The molecule has 2 heterocycles. The molecule has 0 saturated carbocycles. The maximum atomic E-state index is 13.2. The molecule has 0 radical (unpaired) electrons. The molecule has 0 aliphatic heterocycles. The van der Waals surface area contributed by atoms with Gasteiger partial charge in [0.25, 0.3) is 11.5 Å². The fraction of sp³-hybridized carbons (Fsp3) is 0.381. The first-order valence-corrected chi connectivity index (χ1v) is 11.5. The Morgan fingerprint density at radius 2 is 1.90 bits per heavy atom. The minimum atomic E-state index is -0.339. The summed E-state index contributed by atoms with van der Waals surface area (Å²) in [5.41, 5.74) is 2.00. The number of halogens is 1. The number of allylic oxidation sites excluding steroid dienone is 1. The zero-order valence-corrected chi connectivity index (χ0v) is 20.5. The first-order chi connectivity index (χ1) is 13.9. The third-order valence-electron chi connectivity index (χ3n) is 3.86. The van der Waals surface area contributed by atoms with Crippen molar-refractivity contribution in [1.29, 1.82) is 0 Å². The number of benzene rings is 1. The van der Waals surface area contributed by atoms with Crippen LogP contribution in [0.25, 0.3) is 16.6 Å². The van der Waals surface area contributed by atoms with Gasteiger partial charge < -0.3 is 5.32 Å². The number of nitrogens with one attached hydrogen (secondary N) is 1. The molecule has 0 saturated heterocycles. The first-order valence-electron chi connectivity index (χ1n) is 9.52. The molecule has 8 heteroatoms. The smallest absolute Gasteiger partial charge is 0.273 e. The van der Waals surface area contributed by atoms with Gasteiger partial charge in [-0.15, -0.1) is 11.8 Å². The molecule has 0 bridgehead atoms. The van der Waals surface area contributed by atoms with Crippen LogP contribution >= 0.6 is 27.7 Å². The quantitative estimate of drug-likeness (QED) is 0.415. The molecule has 3 aromatic rings. The second kappa shape index (κ2) is 11.2. The minimum absolute atomic E-state index is 0.173. The normalized spacial score (nSPS) is 10.1. The Bertz CT molecular complexity index is 1090. The Labute approximate surface area is 184 Å². The minimum Gasteiger partial charge on any atom is -0.354 e. The third-order valence-corrected chi connectivity index (χ3v) is 5.17. The average Bonchev–Trinajstić information content (AvgIpc) is 3.17. The fourth-order valence-electron chi connectivity index (χ4n) is 2.80. The molecule has 1 aromatic carbocycles. The van der Waals surface area contributed by atoms with Crippen LogP contribution in [-0.2, 0) is 6.54 Å². The molecule has 0 aliphatic rings. The van der Waals surface area contributed by atoms with Crippen LogP contribution in [0.15, 0.2) is 44.8 Å². The molecule has 0 atom stereocenters. The van der Waals surface area contributed by atoms with Crippen molar-refractivity contribution in [2.45, 2.75) is 46.1 Å². The van der Waals surface area contributed by atoms with Crippen LogP contribution < -0.4 is 10.9 Å². The molecule has 3 rings (SSSR count). The van der Waals surface area contributed by atoms with Gasteiger partial charge in [0.2, 0.25) is 0 Å². The van der Waals surface area contributed by atoms with E-state index in [1.165, 1.54) is 7.05 Å². The lowest BCUT2D eigenvalue weighted by Gasteiger charge is -2.14. The average molecular weight is 481 g/mol. The van der Waals surface area contributed by atoms with E-state index in [1.807, 2.05) is 53.0 Å². The maximum Gasteiger partial charge on any atom is 0.273 e. The van der Waals surface area contributed by atoms with Crippen LogP contribution in [0.4, 0.5) is 0 Å². The second-order valence-electron chi connectivity index (χ2n) is 5.72. The van der Waals surface area contributed by atoms with Crippen molar-refractivity contribution >= 4 is 50.1 Å². The van der Waals surface area contributed by atoms with Crippen molar-refractivity contribution < 1.29 is 4.79 Å². The van der Waals surface area contributed by atoms with Crippen LogP contribution in [0.3, 0.4) is 0 Å². The van der Waals surface area contributed by atoms with E-state index in [4.69, 9.17) is 0 Å². The maximum absolute atomic E-state index is 13.2. The molecule has 1 N–H and O–H groups in total. The van der Waals surface area contributed by atoms with Gasteiger partial charge in [-0.2, -0.15) is 0 Å². The van der Waals surface area contributed by atoms with Gasteiger partial charge in [-0.25, -0.2) is 4.98 Å². The van der Waals surface area contributed by atoms with E-state index in [-0.39, 0.29) is 17.2 Å². The fourth-order valence-corrected chi connectivity index (χ4v) is 4.07. The first kappa shape index (κ1) is 25.0. The van der Waals surface area contributed by atoms with E-state index in [9.17, 15) is 9.59 Å². The van der Waals surface area contributed by atoms with Crippen LogP contribution in [0.1, 0.15) is 45.1 Å². The van der Waals surface area contributed by atoms with Crippen molar-refractivity contribution in [3.8, 4) is 0 Å². The van der Waals surface area contributed by atoms with Crippen molar-refractivity contribution in [3.63, 3.8) is 0 Å². The number of fused-ring (bicyclic) bond motifs is 3. The zero-order valence-electron chi connectivity index (χ0n) is 18.1. The number of carbonyl (C=O) groups is 1. The van der Waals surface area contributed by atoms with Gasteiger partial charge in [0, 0.05) is 23.0 Å². The Kier molecular flexibility index (Phi) is 9.65. The van der Waals surface area contributed by atoms with Gasteiger partial charge in [0.15, 0.2) is 11.3 Å². The highest BCUT2D eigenvalue weighted by Crippen LogP contribution is 2.29. The Morgan fingerprint density at radius 3 is 2.41 bits per heavy atom. The lowest BCUT2D eigenvalue weighted by atomic mass is 10.2. The van der Waals surface area contributed by atoms with Crippen molar-refractivity contribution in [3.05, 3.63) is 51.1 Å². The molecule has 0 spiro atoms. The summed E-state index contributed by atoms with van der Waals surface area (Å²) in [5.74, 6) is -0.339. The monoisotopic (exact) mass is 480 g/mol. The molecule has 1 amide bonds. The molecule has 0 aliphatic carbocycles. The van der Waals surface area contributed by atoms with Crippen molar-refractivity contribution in [2.24, 2.45) is 0 Å². The number of aromatic nitrogens is 3. The standard InChI is InChI=1S/C17H17BrN4O2S.2C2H6/c1-9(2)7-21-16-13(15(23)19-3)20-8-22(16)14-11(17(21)24)5-10(25-4)6-12(14)18;2*1-2/h5-6,8H,1,7H2,2-4H3,(H,19,23);2*1-2H3. The number of rotatable bonds is 4. The third kappa shape index (κ3) is 4.93. The van der Waals surface area contributed by atoms with Crippen LogP contribution in [-0.4, -0.2) is 33.2 Å². The molecule has 2 aromatic heterocycles. The van der Waals surface area contributed by atoms with Gasteiger partial charge in [-0.05, 0) is 41.2 Å². The second-order valence-corrected chi connectivity index (χ2v) is 7.45. The Morgan fingerprint density at radius 1 is 1.28 bits per heavy atom. The number of hydrogen-bond acceptors (Lipinski definition) is 4.